The lowest BCUT2D eigenvalue weighted by molar-refractivity contribution is -0.125. The number of amides is 2. The summed E-state index contributed by atoms with van der Waals surface area (Å²) < 4.78 is 0. The molecule has 2 unspecified atom stereocenters. The smallest absolute Gasteiger partial charge is 0.238 e. The number of nitrogens with zero attached hydrogens (tertiary/aromatic N) is 2. The van der Waals surface area contributed by atoms with E-state index in [9.17, 15) is 9.59 Å². The van der Waals surface area contributed by atoms with E-state index in [1.165, 1.54) is 21.9 Å². The minimum atomic E-state index is -0.706. The number of primary amides is 1. The fraction of sp³-hybridized carbons (Fsp3) is 0.357. The molecule has 3 aromatic carbocycles. The summed E-state index contributed by atoms with van der Waals surface area (Å²) in [6.07, 6.45) is 3.51. The molecule has 0 radical (unpaired) electrons. The van der Waals surface area contributed by atoms with E-state index in [1.807, 2.05) is 29.2 Å². The number of carbonyl (C=O) groups is 2. The van der Waals surface area contributed by atoms with Gasteiger partial charge in [-0.3, -0.25) is 14.5 Å². The van der Waals surface area contributed by atoms with Crippen LogP contribution in [0.25, 0.3) is 10.8 Å². The highest BCUT2D eigenvalue weighted by molar-refractivity contribution is 6.14. The second-order valence-electron chi connectivity index (χ2n) is 10.2. The first-order chi connectivity index (χ1) is 16.1. The molecule has 2 N–H and O–H groups in total. The summed E-state index contributed by atoms with van der Waals surface area (Å²) in [5.74, 6) is -0.637. The Morgan fingerprint density at radius 1 is 0.970 bits per heavy atom. The molecule has 0 aromatic heterocycles. The van der Waals surface area contributed by atoms with E-state index in [0.29, 0.717) is 12.5 Å². The van der Waals surface area contributed by atoms with Crippen molar-refractivity contribution in [3.63, 3.8) is 0 Å². The number of piperidine rings is 1. The fourth-order valence-electron chi connectivity index (χ4n) is 7.00. The predicted molar refractivity (Wildman–Crippen MR) is 128 cm³/mol. The number of rotatable bonds is 3. The highest BCUT2D eigenvalue weighted by Crippen LogP contribution is 2.62. The van der Waals surface area contributed by atoms with Crippen molar-refractivity contribution in [1.82, 2.24) is 4.90 Å². The standard InChI is InChI=1S/C28H27N3O2/c29-26(32)22-16-28(22)21-9-1-2-10-23(21)31(27(28)33)19-11-13-30(14-12-19)24-15-18-7-3-5-17-6-4-8-20(24)25(17)18/h1-10,19,22,24H,11-16H2,(H2,29,32)/t22-,24?,28?/m1/s1. The highest BCUT2D eigenvalue weighted by atomic mass is 16.2. The lowest BCUT2D eigenvalue weighted by atomic mass is 9.94. The summed E-state index contributed by atoms with van der Waals surface area (Å²) in [5.41, 5.74) is 9.82. The fourth-order valence-corrected chi connectivity index (χ4v) is 7.00. The molecule has 2 heterocycles. The van der Waals surface area contributed by atoms with Crippen LogP contribution in [0.3, 0.4) is 0 Å². The molecule has 166 valence electrons. The van der Waals surface area contributed by atoms with Crippen LogP contribution in [-0.2, 0) is 21.4 Å². The Kier molecular flexibility index (Phi) is 3.90. The van der Waals surface area contributed by atoms with Crippen LogP contribution >= 0.6 is 0 Å². The Morgan fingerprint density at radius 3 is 2.48 bits per heavy atom. The van der Waals surface area contributed by atoms with Crippen LogP contribution in [0.15, 0.2) is 60.7 Å². The molecule has 5 heteroatoms. The van der Waals surface area contributed by atoms with Gasteiger partial charge in [0.15, 0.2) is 0 Å². The Hall–Kier alpha value is -3.18. The number of hydrogen-bond acceptors (Lipinski definition) is 3. The van der Waals surface area contributed by atoms with Crippen molar-refractivity contribution >= 4 is 28.3 Å². The van der Waals surface area contributed by atoms with Crippen LogP contribution in [-0.4, -0.2) is 35.8 Å². The number of benzene rings is 3. The van der Waals surface area contributed by atoms with E-state index < -0.39 is 5.41 Å². The van der Waals surface area contributed by atoms with Gasteiger partial charge >= 0.3 is 0 Å². The van der Waals surface area contributed by atoms with Gasteiger partial charge in [-0.05, 0) is 59.2 Å². The van der Waals surface area contributed by atoms with Crippen molar-refractivity contribution < 1.29 is 9.59 Å². The third-order valence-electron chi connectivity index (χ3n) is 8.65. The zero-order chi connectivity index (χ0) is 22.3. The summed E-state index contributed by atoms with van der Waals surface area (Å²) in [7, 11) is 0. The molecule has 1 spiro atoms. The Morgan fingerprint density at radius 2 is 1.73 bits per heavy atom. The summed E-state index contributed by atoms with van der Waals surface area (Å²) in [6.45, 7) is 1.94. The molecular formula is C28H27N3O2. The average molecular weight is 438 g/mol. The summed E-state index contributed by atoms with van der Waals surface area (Å²) in [4.78, 5) is 30.3. The van der Waals surface area contributed by atoms with E-state index in [2.05, 4.69) is 41.3 Å². The topological polar surface area (TPSA) is 66.6 Å². The van der Waals surface area contributed by atoms with Crippen LogP contribution in [0.4, 0.5) is 5.69 Å². The molecule has 3 aromatic rings. The van der Waals surface area contributed by atoms with Gasteiger partial charge in [0, 0.05) is 30.9 Å². The van der Waals surface area contributed by atoms with Crippen LogP contribution in [0.2, 0.25) is 0 Å². The molecule has 2 fully saturated rings. The van der Waals surface area contributed by atoms with E-state index in [-0.39, 0.29) is 23.8 Å². The average Bonchev–Trinajstić information content (AvgIpc) is 3.43. The second-order valence-corrected chi connectivity index (χ2v) is 10.2. The van der Waals surface area contributed by atoms with Gasteiger partial charge in [-0.15, -0.1) is 0 Å². The maximum Gasteiger partial charge on any atom is 0.238 e. The van der Waals surface area contributed by atoms with Crippen LogP contribution in [0.1, 0.15) is 42.0 Å². The number of fused-ring (bicyclic) bond motifs is 2. The van der Waals surface area contributed by atoms with Gasteiger partial charge < -0.3 is 10.6 Å². The molecule has 2 amide bonds. The van der Waals surface area contributed by atoms with E-state index in [0.717, 1.165) is 43.6 Å². The van der Waals surface area contributed by atoms with Gasteiger partial charge in [0.1, 0.15) is 0 Å². The maximum absolute atomic E-state index is 13.7. The molecule has 5 nitrogen and oxygen atoms in total. The molecule has 33 heavy (non-hydrogen) atoms. The van der Waals surface area contributed by atoms with Crippen molar-refractivity contribution in [3.05, 3.63) is 77.4 Å². The number of hydrogen-bond donors (Lipinski definition) is 1. The first kappa shape index (κ1) is 19.3. The maximum atomic E-state index is 13.7. The van der Waals surface area contributed by atoms with Gasteiger partial charge in [-0.2, -0.15) is 0 Å². The monoisotopic (exact) mass is 437 g/mol. The summed E-state index contributed by atoms with van der Waals surface area (Å²) >= 11 is 0. The van der Waals surface area contributed by atoms with Gasteiger partial charge in [-0.1, -0.05) is 54.6 Å². The molecule has 7 rings (SSSR count). The van der Waals surface area contributed by atoms with E-state index in [1.54, 1.807) is 0 Å². The molecule has 2 aliphatic heterocycles. The predicted octanol–water partition coefficient (Wildman–Crippen LogP) is 3.69. The first-order valence-electron chi connectivity index (χ1n) is 12.1. The Labute approximate surface area is 193 Å². The third-order valence-corrected chi connectivity index (χ3v) is 8.65. The molecule has 0 bridgehead atoms. The third kappa shape index (κ3) is 2.51. The van der Waals surface area contributed by atoms with Crippen LogP contribution in [0.5, 0.6) is 0 Å². The number of likely N-dealkylation sites (tertiary alicyclic amines) is 1. The minimum Gasteiger partial charge on any atom is -0.369 e. The van der Waals surface area contributed by atoms with Crippen molar-refractivity contribution in [3.8, 4) is 0 Å². The number of carbonyl (C=O) groups excluding carboxylic acids is 2. The molecular weight excluding hydrogens is 410 g/mol. The Balaban J connectivity index is 1.14. The van der Waals surface area contributed by atoms with Gasteiger partial charge in [-0.25, -0.2) is 0 Å². The zero-order valence-electron chi connectivity index (χ0n) is 18.5. The number of nitrogens with two attached hydrogens (primary N) is 1. The quantitative estimate of drug-likeness (QED) is 0.680. The van der Waals surface area contributed by atoms with Crippen molar-refractivity contribution in [2.45, 2.75) is 43.2 Å². The number of anilines is 1. The van der Waals surface area contributed by atoms with Crippen molar-refractivity contribution in [2.75, 3.05) is 18.0 Å². The molecule has 2 aliphatic carbocycles. The summed E-state index contributed by atoms with van der Waals surface area (Å²) in [5, 5.41) is 2.77. The minimum absolute atomic E-state index is 0.0870. The van der Waals surface area contributed by atoms with Crippen LogP contribution in [0, 0.1) is 5.92 Å². The SMILES string of the molecule is NC(=O)[C@H]1CC12C(=O)N(C1CCN(C3Cc4cccc5cccc3c45)CC1)c1ccccc12. The van der Waals surface area contributed by atoms with Crippen molar-refractivity contribution in [2.24, 2.45) is 11.7 Å². The largest absolute Gasteiger partial charge is 0.369 e. The molecule has 1 saturated carbocycles. The lowest BCUT2D eigenvalue weighted by Gasteiger charge is -2.40. The van der Waals surface area contributed by atoms with Crippen molar-refractivity contribution in [1.29, 1.82) is 0 Å². The second kappa shape index (κ2) is 6.67. The van der Waals surface area contributed by atoms with E-state index in [4.69, 9.17) is 5.73 Å². The number of para-hydroxylation sites is 1. The zero-order valence-corrected chi connectivity index (χ0v) is 18.5. The van der Waals surface area contributed by atoms with E-state index >= 15 is 0 Å². The highest BCUT2D eigenvalue weighted by Gasteiger charge is 2.69. The Bertz CT molecular complexity index is 1320. The summed E-state index contributed by atoms with van der Waals surface area (Å²) in [6, 6.07) is 21.9. The van der Waals surface area contributed by atoms with Gasteiger partial charge in [0.2, 0.25) is 11.8 Å². The van der Waals surface area contributed by atoms with Gasteiger partial charge in [0.25, 0.3) is 0 Å². The molecule has 3 atom stereocenters. The first-order valence-corrected chi connectivity index (χ1v) is 12.1. The molecule has 1 saturated heterocycles. The lowest BCUT2D eigenvalue weighted by Crippen LogP contribution is -2.48. The normalized spacial score (nSPS) is 28.6. The van der Waals surface area contributed by atoms with Gasteiger partial charge in [0.05, 0.1) is 11.3 Å². The van der Waals surface area contributed by atoms with Crippen LogP contribution < -0.4 is 10.6 Å². The molecule has 4 aliphatic rings.